The maximum atomic E-state index is 12.5. The van der Waals surface area contributed by atoms with Crippen LogP contribution in [0.4, 0.5) is 11.4 Å². The molecule has 0 saturated carbocycles. The number of hydrogen-bond donors (Lipinski definition) is 2. The summed E-state index contributed by atoms with van der Waals surface area (Å²) in [5.74, 6) is 0.231. The van der Waals surface area contributed by atoms with Gasteiger partial charge in [-0.3, -0.25) is 4.79 Å². The van der Waals surface area contributed by atoms with Gasteiger partial charge in [-0.05, 0) is 37.4 Å². The molecular formula is C16H18N2O2S. The Kier molecular flexibility index (Phi) is 5.11. The molecule has 0 aliphatic carbocycles. The predicted molar refractivity (Wildman–Crippen MR) is 88.2 cm³/mol. The van der Waals surface area contributed by atoms with Crippen LogP contribution < -0.4 is 15.8 Å². The van der Waals surface area contributed by atoms with Crippen LogP contribution in [0, 0.1) is 0 Å². The van der Waals surface area contributed by atoms with Crippen LogP contribution in [-0.4, -0.2) is 18.8 Å². The van der Waals surface area contributed by atoms with Crippen molar-refractivity contribution >= 4 is 29.0 Å². The Bertz CT molecular complexity index is 644. The summed E-state index contributed by atoms with van der Waals surface area (Å²) in [6, 6.07) is 12.8. The van der Waals surface area contributed by atoms with Crippen molar-refractivity contribution in [1.82, 2.24) is 0 Å². The second-order valence-corrected chi connectivity index (χ2v) is 5.16. The minimum Gasteiger partial charge on any atom is -0.493 e. The van der Waals surface area contributed by atoms with Crippen molar-refractivity contribution < 1.29 is 9.53 Å². The maximum Gasteiger partial charge on any atom is 0.261 e. The number of carbonyl (C=O) groups excluding carboxylic acids is 1. The minimum absolute atomic E-state index is 0.266. The number of amides is 1. The largest absolute Gasteiger partial charge is 0.493 e. The summed E-state index contributed by atoms with van der Waals surface area (Å²) in [5.41, 5.74) is 7.47. The number of ether oxygens (including phenoxy) is 1. The molecule has 0 heterocycles. The maximum absolute atomic E-state index is 12.5. The summed E-state index contributed by atoms with van der Waals surface area (Å²) >= 11 is 1.57. The van der Waals surface area contributed by atoms with Crippen LogP contribution in [-0.2, 0) is 0 Å². The third-order valence-corrected chi connectivity index (χ3v) is 3.74. The van der Waals surface area contributed by atoms with Gasteiger partial charge in [0.05, 0.1) is 12.3 Å². The van der Waals surface area contributed by atoms with Crippen molar-refractivity contribution in [3.8, 4) is 5.75 Å². The van der Waals surface area contributed by atoms with Gasteiger partial charge in [-0.15, -0.1) is 11.8 Å². The second kappa shape index (κ2) is 7.04. The molecule has 2 aromatic carbocycles. The van der Waals surface area contributed by atoms with E-state index in [4.69, 9.17) is 10.5 Å². The topological polar surface area (TPSA) is 64.3 Å². The zero-order valence-electron chi connectivity index (χ0n) is 12.1. The molecule has 2 rings (SSSR count). The third-order valence-electron chi connectivity index (χ3n) is 2.94. The highest BCUT2D eigenvalue weighted by molar-refractivity contribution is 7.98. The first-order chi connectivity index (χ1) is 10.2. The second-order valence-electron chi connectivity index (χ2n) is 4.31. The van der Waals surface area contributed by atoms with Gasteiger partial charge in [0.2, 0.25) is 0 Å². The van der Waals surface area contributed by atoms with Gasteiger partial charge in [0.1, 0.15) is 11.3 Å². The Hall–Kier alpha value is -2.14. The molecule has 0 atom stereocenters. The zero-order valence-corrected chi connectivity index (χ0v) is 12.9. The summed E-state index contributed by atoms with van der Waals surface area (Å²) < 4.78 is 5.49. The van der Waals surface area contributed by atoms with Crippen LogP contribution in [0.25, 0.3) is 0 Å². The molecule has 0 aromatic heterocycles. The summed E-state index contributed by atoms with van der Waals surface area (Å²) in [7, 11) is 0. The summed E-state index contributed by atoms with van der Waals surface area (Å²) in [4.78, 5) is 13.5. The lowest BCUT2D eigenvalue weighted by Gasteiger charge is -2.14. The first-order valence-corrected chi connectivity index (χ1v) is 7.85. The van der Waals surface area contributed by atoms with Gasteiger partial charge >= 0.3 is 0 Å². The van der Waals surface area contributed by atoms with Crippen LogP contribution in [0.5, 0.6) is 5.75 Å². The van der Waals surface area contributed by atoms with Gasteiger partial charge in [-0.2, -0.15) is 0 Å². The van der Waals surface area contributed by atoms with Crippen LogP contribution in [0.2, 0.25) is 0 Å². The van der Waals surface area contributed by atoms with E-state index < -0.39 is 0 Å². The van der Waals surface area contributed by atoms with Gasteiger partial charge in [0.15, 0.2) is 0 Å². The highest BCUT2D eigenvalue weighted by Crippen LogP contribution is 2.28. The smallest absolute Gasteiger partial charge is 0.261 e. The molecule has 110 valence electrons. The first kappa shape index (κ1) is 15.3. The molecule has 0 fully saturated rings. The van der Waals surface area contributed by atoms with Gasteiger partial charge < -0.3 is 15.8 Å². The van der Waals surface area contributed by atoms with Gasteiger partial charge in [0.25, 0.3) is 5.91 Å². The number of hydrogen-bond acceptors (Lipinski definition) is 4. The average Bonchev–Trinajstić information content (AvgIpc) is 2.48. The van der Waals surface area contributed by atoms with E-state index in [1.54, 1.807) is 30.0 Å². The summed E-state index contributed by atoms with van der Waals surface area (Å²) in [5, 5.41) is 2.90. The van der Waals surface area contributed by atoms with E-state index >= 15 is 0 Å². The quantitative estimate of drug-likeness (QED) is 0.654. The molecule has 0 bridgehead atoms. The van der Waals surface area contributed by atoms with Crippen molar-refractivity contribution in [3.05, 3.63) is 48.0 Å². The van der Waals surface area contributed by atoms with Crippen molar-refractivity contribution in [2.75, 3.05) is 23.9 Å². The van der Waals surface area contributed by atoms with Crippen molar-refractivity contribution in [2.24, 2.45) is 0 Å². The number of thioether (sulfide) groups is 1. The normalized spacial score (nSPS) is 10.2. The monoisotopic (exact) mass is 302 g/mol. The molecule has 3 N–H and O–H groups in total. The zero-order chi connectivity index (χ0) is 15.2. The molecular weight excluding hydrogens is 284 g/mol. The van der Waals surface area contributed by atoms with Crippen LogP contribution in [0.3, 0.4) is 0 Å². The molecule has 5 heteroatoms. The Labute approximate surface area is 128 Å². The number of anilines is 2. The fourth-order valence-corrected chi connectivity index (χ4v) is 2.55. The molecule has 2 aromatic rings. The Balaban J connectivity index is 2.32. The Morgan fingerprint density at radius 3 is 2.71 bits per heavy atom. The molecule has 0 spiro atoms. The third kappa shape index (κ3) is 3.49. The lowest BCUT2D eigenvalue weighted by Crippen LogP contribution is -2.16. The summed E-state index contributed by atoms with van der Waals surface area (Å²) in [6.45, 7) is 2.35. The predicted octanol–water partition coefficient (Wildman–Crippen LogP) is 3.64. The Morgan fingerprint density at radius 1 is 1.24 bits per heavy atom. The minimum atomic E-state index is -0.266. The number of nitrogen functional groups attached to an aromatic ring is 1. The van der Waals surface area contributed by atoms with E-state index in [0.717, 1.165) is 10.6 Å². The molecule has 0 radical (unpaired) electrons. The van der Waals surface area contributed by atoms with E-state index in [1.807, 2.05) is 37.4 Å². The SMILES string of the molecule is CCOc1cccc(N)c1C(=O)Nc1ccccc1SC. The molecule has 0 aliphatic rings. The number of para-hydroxylation sites is 1. The number of benzene rings is 2. The van der Waals surface area contributed by atoms with Crippen molar-refractivity contribution in [1.29, 1.82) is 0 Å². The highest BCUT2D eigenvalue weighted by atomic mass is 32.2. The van der Waals surface area contributed by atoms with Gasteiger partial charge in [-0.1, -0.05) is 18.2 Å². The number of carbonyl (C=O) groups is 1. The van der Waals surface area contributed by atoms with E-state index in [2.05, 4.69) is 5.32 Å². The Morgan fingerprint density at radius 2 is 2.00 bits per heavy atom. The molecule has 0 aliphatic heterocycles. The molecule has 0 saturated heterocycles. The first-order valence-electron chi connectivity index (χ1n) is 6.63. The van der Waals surface area contributed by atoms with E-state index in [0.29, 0.717) is 23.6 Å². The van der Waals surface area contributed by atoms with Crippen molar-refractivity contribution in [3.63, 3.8) is 0 Å². The fourth-order valence-electron chi connectivity index (χ4n) is 2.00. The number of nitrogens with one attached hydrogen (secondary N) is 1. The number of nitrogens with two attached hydrogens (primary N) is 1. The lowest BCUT2D eigenvalue weighted by molar-refractivity contribution is 0.102. The van der Waals surface area contributed by atoms with E-state index in [1.165, 1.54) is 0 Å². The lowest BCUT2D eigenvalue weighted by atomic mass is 10.1. The highest BCUT2D eigenvalue weighted by Gasteiger charge is 2.17. The number of rotatable bonds is 5. The molecule has 0 unspecified atom stereocenters. The van der Waals surface area contributed by atoms with E-state index in [-0.39, 0.29) is 5.91 Å². The summed E-state index contributed by atoms with van der Waals surface area (Å²) in [6.07, 6.45) is 1.97. The van der Waals surface area contributed by atoms with Gasteiger partial charge in [-0.25, -0.2) is 0 Å². The fraction of sp³-hybridized carbons (Fsp3) is 0.188. The standard InChI is InChI=1S/C16H18N2O2S/c1-3-20-13-9-6-7-11(17)15(13)16(19)18-12-8-4-5-10-14(12)21-2/h4-10H,3,17H2,1-2H3,(H,18,19). The van der Waals surface area contributed by atoms with Crippen LogP contribution >= 0.6 is 11.8 Å². The van der Waals surface area contributed by atoms with Crippen LogP contribution in [0.1, 0.15) is 17.3 Å². The van der Waals surface area contributed by atoms with Crippen molar-refractivity contribution in [2.45, 2.75) is 11.8 Å². The van der Waals surface area contributed by atoms with Gasteiger partial charge in [0, 0.05) is 10.6 Å². The van der Waals surface area contributed by atoms with Crippen LogP contribution in [0.15, 0.2) is 47.4 Å². The van der Waals surface area contributed by atoms with E-state index in [9.17, 15) is 4.79 Å². The average molecular weight is 302 g/mol. The molecule has 21 heavy (non-hydrogen) atoms. The molecule has 4 nitrogen and oxygen atoms in total. The molecule has 1 amide bonds.